The van der Waals surface area contributed by atoms with E-state index in [4.69, 9.17) is 5.73 Å². The van der Waals surface area contributed by atoms with E-state index in [1.165, 1.54) is 11.1 Å². The molecule has 0 aliphatic rings. The van der Waals surface area contributed by atoms with Crippen molar-refractivity contribution in [1.82, 2.24) is 9.97 Å². The summed E-state index contributed by atoms with van der Waals surface area (Å²) in [5.41, 5.74) is 9.67. The normalized spacial score (nSPS) is 10.9. The Hall–Kier alpha value is -2.88. The van der Waals surface area contributed by atoms with Crippen molar-refractivity contribution in [3.05, 3.63) is 83.6 Å². The third kappa shape index (κ3) is 5.56. The Morgan fingerprint density at radius 3 is 2.18 bits per heavy atom. The number of aromatic nitrogens is 2. The number of unbranched alkanes of at least 4 members (excludes halogenated alkanes) is 1. The second kappa shape index (κ2) is 10.5. The van der Waals surface area contributed by atoms with Gasteiger partial charge in [-0.1, -0.05) is 74.0 Å². The van der Waals surface area contributed by atoms with Crippen molar-refractivity contribution in [3.8, 4) is 0 Å². The molecule has 0 saturated carbocycles. The number of hydrogen-bond donors (Lipinski definition) is 2. The molecule has 146 valence electrons. The average molecular weight is 375 g/mol. The van der Waals surface area contributed by atoms with Crippen molar-refractivity contribution in [2.24, 2.45) is 0 Å². The van der Waals surface area contributed by atoms with Crippen molar-refractivity contribution in [2.45, 2.75) is 44.9 Å². The molecule has 0 radical (unpaired) electrons. The van der Waals surface area contributed by atoms with Crippen LogP contribution in [-0.2, 0) is 6.42 Å². The van der Waals surface area contributed by atoms with Crippen LogP contribution in [0.1, 0.15) is 55.2 Å². The quantitative estimate of drug-likeness (QED) is 0.465. The summed E-state index contributed by atoms with van der Waals surface area (Å²) in [6.07, 6.45) is 7.21. The van der Waals surface area contributed by atoms with Crippen LogP contribution in [0.4, 0.5) is 11.8 Å². The summed E-state index contributed by atoms with van der Waals surface area (Å²) in [5, 5.41) is 3.43. The number of aryl methyl sites for hydroxylation is 1. The van der Waals surface area contributed by atoms with Crippen LogP contribution in [0.15, 0.2) is 66.9 Å². The van der Waals surface area contributed by atoms with E-state index in [1.807, 2.05) is 6.20 Å². The first-order valence-corrected chi connectivity index (χ1v) is 10.2. The molecule has 3 rings (SSSR count). The summed E-state index contributed by atoms with van der Waals surface area (Å²) in [5.74, 6) is 1.61. The zero-order valence-corrected chi connectivity index (χ0v) is 16.6. The average Bonchev–Trinajstić information content (AvgIpc) is 2.74. The SMILES string of the molecule is CCCCNc1nc(N)ncc1CCCC(c1ccccc1)c1ccccc1. The van der Waals surface area contributed by atoms with Crippen molar-refractivity contribution >= 4 is 11.8 Å². The minimum atomic E-state index is 0.328. The molecule has 0 aliphatic carbocycles. The molecule has 1 heterocycles. The highest BCUT2D eigenvalue weighted by molar-refractivity contribution is 5.46. The standard InChI is InChI=1S/C24H30N4/c1-2-3-17-26-23-21(18-27-24(25)28-23)15-10-16-22(19-11-6-4-7-12-19)20-13-8-5-9-14-20/h4-9,11-14,18,22H,2-3,10,15-17H2,1H3,(H3,25,26,27,28). The van der Waals surface area contributed by atoms with E-state index in [0.29, 0.717) is 11.9 Å². The van der Waals surface area contributed by atoms with Crippen LogP contribution < -0.4 is 11.1 Å². The second-order valence-corrected chi connectivity index (χ2v) is 7.15. The van der Waals surface area contributed by atoms with Gasteiger partial charge in [-0.25, -0.2) is 4.98 Å². The molecule has 4 heteroatoms. The molecule has 1 aromatic heterocycles. The van der Waals surface area contributed by atoms with E-state index in [0.717, 1.165) is 50.0 Å². The molecule has 3 N–H and O–H groups in total. The highest BCUT2D eigenvalue weighted by Gasteiger charge is 2.14. The van der Waals surface area contributed by atoms with Gasteiger partial charge in [0.1, 0.15) is 5.82 Å². The molecule has 0 fully saturated rings. The van der Waals surface area contributed by atoms with Crippen LogP contribution in [-0.4, -0.2) is 16.5 Å². The van der Waals surface area contributed by atoms with Crippen molar-refractivity contribution in [1.29, 1.82) is 0 Å². The fourth-order valence-corrected chi connectivity index (χ4v) is 3.53. The number of nitrogen functional groups attached to an aromatic ring is 1. The van der Waals surface area contributed by atoms with Gasteiger partial charge in [0.25, 0.3) is 0 Å². The molecular formula is C24H30N4. The zero-order chi connectivity index (χ0) is 19.6. The molecule has 0 saturated heterocycles. The maximum atomic E-state index is 5.80. The predicted molar refractivity (Wildman–Crippen MR) is 118 cm³/mol. The summed E-state index contributed by atoms with van der Waals surface area (Å²) in [4.78, 5) is 8.62. The Bertz CT molecular complexity index is 794. The second-order valence-electron chi connectivity index (χ2n) is 7.15. The predicted octanol–water partition coefficient (Wildman–Crippen LogP) is 5.43. The summed E-state index contributed by atoms with van der Waals surface area (Å²) in [6.45, 7) is 3.10. The highest BCUT2D eigenvalue weighted by Crippen LogP contribution is 2.30. The van der Waals surface area contributed by atoms with Gasteiger partial charge >= 0.3 is 0 Å². The lowest BCUT2D eigenvalue weighted by Crippen LogP contribution is -2.09. The Morgan fingerprint density at radius 2 is 1.57 bits per heavy atom. The molecule has 0 spiro atoms. The van der Waals surface area contributed by atoms with Gasteiger partial charge in [-0.15, -0.1) is 0 Å². The van der Waals surface area contributed by atoms with Gasteiger partial charge in [0.2, 0.25) is 5.95 Å². The molecular weight excluding hydrogens is 344 g/mol. The van der Waals surface area contributed by atoms with E-state index in [1.54, 1.807) is 0 Å². The van der Waals surface area contributed by atoms with Gasteiger partial charge in [0.05, 0.1) is 0 Å². The number of hydrogen-bond acceptors (Lipinski definition) is 4. The highest BCUT2D eigenvalue weighted by atomic mass is 15.1. The smallest absolute Gasteiger partial charge is 0.221 e. The minimum Gasteiger partial charge on any atom is -0.370 e. The van der Waals surface area contributed by atoms with E-state index in [-0.39, 0.29) is 0 Å². The molecule has 0 atom stereocenters. The van der Waals surface area contributed by atoms with Crippen LogP contribution in [0, 0.1) is 0 Å². The number of rotatable bonds is 10. The Balaban J connectivity index is 1.69. The van der Waals surface area contributed by atoms with Gasteiger partial charge in [-0.05, 0) is 36.8 Å². The Morgan fingerprint density at radius 1 is 0.929 bits per heavy atom. The lowest BCUT2D eigenvalue weighted by Gasteiger charge is -2.18. The molecule has 4 nitrogen and oxygen atoms in total. The number of anilines is 2. The zero-order valence-electron chi connectivity index (χ0n) is 16.6. The Kier molecular flexibility index (Phi) is 7.42. The minimum absolute atomic E-state index is 0.328. The lowest BCUT2D eigenvalue weighted by molar-refractivity contribution is 0.659. The van der Waals surface area contributed by atoms with Gasteiger partial charge in [0.15, 0.2) is 0 Å². The summed E-state index contributed by atoms with van der Waals surface area (Å²) >= 11 is 0. The number of benzene rings is 2. The lowest BCUT2D eigenvalue weighted by atomic mass is 9.86. The van der Waals surface area contributed by atoms with Gasteiger partial charge in [0, 0.05) is 24.2 Å². The molecule has 2 aromatic carbocycles. The van der Waals surface area contributed by atoms with E-state index in [2.05, 4.69) is 82.9 Å². The van der Waals surface area contributed by atoms with Crippen LogP contribution in [0.3, 0.4) is 0 Å². The van der Waals surface area contributed by atoms with Gasteiger partial charge in [-0.2, -0.15) is 4.98 Å². The fourth-order valence-electron chi connectivity index (χ4n) is 3.53. The number of nitrogens with one attached hydrogen (secondary N) is 1. The number of nitrogens with two attached hydrogens (primary N) is 1. The monoisotopic (exact) mass is 374 g/mol. The third-order valence-electron chi connectivity index (χ3n) is 5.05. The van der Waals surface area contributed by atoms with Gasteiger partial charge < -0.3 is 11.1 Å². The van der Waals surface area contributed by atoms with E-state index in [9.17, 15) is 0 Å². The number of nitrogens with zero attached hydrogens (tertiary/aromatic N) is 2. The maximum Gasteiger partial charge on any atom is 0.221 e. The van der Waals surface area contributed by atoms with E-state index >= 15 is 0 Å². The first kappa shape index (κ1) is 19.9. The van der Waals surface area contributed by atoms with Crippen LogP contribution in [0.25, 0.3) is 0 Å². The topological polar surface area (TPSA) is 63.8 Å². The van der Waals surface area contributed by atoms with Crippen molar-refractivity contribution < 1.29 is 0 Å². The summed E-state index contributed by atoms with van der Waals surface area (Å²) in [7, 11) is 0. The molecule has 3 aromatic rings. The summed E-state index contributed by atoms with van der Waals surface area (Å²) in [6, 6.07) is 21.5. The fraction of sp³-hybridized carbons (Fsp3) is 0.333. The van der Waals surface area contributed by atoms with Crippen LogP contribution >= 0.6 is 0 Å². The molecule has 28 heavy (non-hydrogen) atoms. The largest absolute Gasteiger partial charge is 0.370 e. The van der Waals surface area contributed by atoms with Gasteiger partial charge in [-0.3, -0.25) is 0 Å². The molecule has 0 bridgehead atoms. The van der Waals surface area contributed by atoms with Crippen LogP contribution in [0.5, 0.6) is 0 Å². The Labute approximate surface area is 168 Å². The first-order valence-electron chi connectivity index (χ1n) is 10.2. The summed E-state index contributed by atoms with van der Waals surface area (Å²) < 4.78 is 0. The first-order chi connectivity index (χ1) is 13.8. The molecule has 0 unspecified atom stereocenters. The van der Waals surface area contributed by atoms with E-state index < -0.39 is 0 Å². The maximum absolute atomic E-state index is 5.80. The van der Waals surface area contributed by atoms with Crippen LogP contribution in [0.2, 0.25) is 0 Å². The third-order valence-corrected chi connectivity index (χ3v) is 5.05. The van der Waals surface area contributed by atoms with Crippen molar-refractivity contribution in [2.75, 3.05) is 17.6 Å². The molecule has 0 aliphatic heterocycles. The molecule has 0 amide bonds. The van der Waals surface area contributed by atoms with Crippen molar-refractivity contribution in [3.63, 3.8) is 0 Å².